The van der Waals surface area contributed by atoms with E-state index in [1.807, 2.05) is 0 Å². The first-order valence-electron chi connectivity index (χ1n) is 5.79. The standard InChI is InChI=1S/C11H20O4/c1-2-3-4-5-6-7-8-9-10(14-9)15-11(12)13/h9-10H,2-8H2,1H3,(H,12,13)/t9-,10+/m0/s1. The van der Waals surface area contributed by atoms with Crippen LogP contribution in [0.1, 0.15) is 51.9 Å². The molecule has 1 N–H and O–H groups in total. The van der Waals surface area contributed by atoms with Crippen LogP contribution in [0.4, 0.5) is 4.79 Å². The molecule has 0 unspecified atom stereocenters. The molecule has 4 heteroatoms. The summed E-state index contributed by atoms with van der Waals surface area (Å²) in [6, 6.07) is 0. The van der Waals surface area contributed by atoms with E-state index in [-0.39, 0.29) is 6.10 Å². The molecule has 15 heavy (non-hydrogen) atoms. The first kappa shape index (κ1) is 12.3. The summed E-state index contributed by atoms with van der Waals surface area (Å²) in [5, 5.41) is 8.31. The molecule has 1 aliphatic heterocycles. The third-order valence-corrected chi connectivity index (χ3v) is 2.60. The van der Waals surface area contributed by atoms with Gasteiger partial charge in [-0.15, -0.1) is 0 Å². The van der Waals surface area contributed by atoms with E-state index >= 15 is 0 Å². The zero-order valence-corrected chi connectivity index (χ0v) is 9.28. The summed E-state index contributed by atoms with van der Waals surface area (Å²) in [4.78, 5) is 10.1. The average Bonchev–Trinajstić information content (AvgIpc) is 2.89. The van der Waals surface area contributed by atoms with E-state index in [2.05, 4.69) is 11.7 Å². The van der Waals surface area contributed by atoms with Gasteiger partial charge in [0.25, 0.3) is 0 Å². The van der Waals surface area contributed by atoms with Crippen LogP contribution in [-0.2, 0) is 9.47 Å². The lowest BCUT2D eigenvalue weighted by Gasteiger charge is -1.98. The number of unbranched alkanes of at least 4 members (excludes halogenated alkanes) is 5. The summed E-state index contributed by atoms with van der Waals surface area (Å²) in [5.41, 5.74) is 0. The summed E-state index contributed by atoms with van der Waals surface area (Å²) in [5.74, 6) is 0. The highest BCUT2D eigenvalue weighted by molar-refractivity contribution is 5.57. The molecule has 4 nitrogen and oxygen atoms in total. The Bertz CT molecular complexity index is 193. The molecule has 0 radical (unpaired) electrons. The quantitative estimate of drug-likeness (QED) is 0.384. The maximum atomic E-state index is 10.1. The first-order valence-corrected chi connectivity index (χ1v) is 5.79. The molecular formula is C11H20O4. The molecule has 2 atom stereocenters. The molecule has 0 aromatic heterocycles. The van der Waals surface area contributed by atoms with Gasteiger partial charge in [0.2, 0.25) is 6.29 Å². The van der Waals surface area contributed by atoms with Crippen LogP contribution in [-0.4, -0.2) is 23.7 Å². The van der Waals surface area contributed by atoms with E-state index in [1.54, 1.807) is 0 Å². The Labute approximate surface area is 90.6 Å². The fraction of sp³-hybridized carbons (Fsp3) is 0.909. The van der Waals surface area contributed by atoms with Gasteiger partial charge in [0.05, 0.1) is 0 Å². The van der Waals surface area contributed by atoms with Gasteiger partial charge in [0, 0.05) is 0 Å². The molecule has 0 aromatic carbocycles. The van der Waals surface area contributed by atoms with Gasteiger partial charge in [0.15, 0.2) is 0 Å². The minimum Gasteiger partial charge on any atom is -0.450 e. The fourth-order valence-electron chi connectivity index (χ4n) is 1.66. The summed E-state index contributed by atoms with van der Waals surface area (Å²) >= 11 is 0. The average molecular weight is 216 g/mol. The van der Waals surface area contributed by atoms with Crippen molar-refractivity contribution in [3.63, 3.8) is 0 Å². The van der Waals surface area contributed by atoms with Crippen molar-refractivity contribution >= 4 is 6.16 Å². The topological polar surface area (TPSA) is 59.1 Å². The Balaban J connectivity index is 1.84. The van der Waals surface area contributed by atoms with Gasteiger partial charge in [-0.25, -0.2) is 4.79 Å². The molecule has 0 saturated carbocycles. The summed E-state index contributed by atoms with van der Waals surface area (Å²) in [7, 11) is 0. The Morgan fingerprint density at radius 2 is 1.93 bits per heavy atom. The van der Waals surface area contributed by atoms with E-state index in [9.17, 15) is 4.79 Å². The lowest BCUT2D eigenvalue weighted by molar-refractivity contribution is 0.0500. The third kappa shape index (κ3) is 5.62. The van der Waals surface area contributed by atoms with E-state index < -0.39 is 12.4 Å². The second-order valence-electron chi connectivity index (χ2n) is 3.98. The number of carbonyl (C=O) groups is 1. The molecule has 1 fully saturated rings. The molecule has 1 saturated heterocycles. The zero-order chi connectivity index (χ0) is 11.1. The number of carboxylic acid groups (broad SMARTS) is 1. The normalized spacial score (nSPS) is 23.8. The molecule has 0 aliphatic carbocycles. The van der Waals surface area contributed by atoms with Crippen molar-refractivity contribution in [3.05, 3.63) is 0 Å². The number of rotatable bonds is 8. The highest BCUT2D eigenvalue weighted by Gasteiger charge is 2.41. The molecule has 0 bridgehead atoms. The van der Waals surface area contributed by atoms with Gasteiger partial charge in [0.1, 0.15) is 6.10 Å². The Morgan fingerprint density at radius 3 is 2.60 bits per heavy atom. The molecule has 0 spiro atoms. The Kier molecular flexibility index (Phi) is 5.47. The van der Waals surface area contributed by atoms with Crippen molar-refractivity contribution in [1.82, 2.24) is 0 Å². The largest absolute Gasteiger partial charge is 0.508 e. The van der Waals surface area contributed by atoms with Gasteiger partial charge in [-0.1, -0.05) is 45.4 Å². The molecular weight excluding hydrogens is 196 g/mol. The summed E-state index contributed by atoms with van der Waals surface area (Å²) < 4.78 is 9.52. The lowest BCUT2D eigenvalue weighted by Crippen LogP contribution is -2.05. The summed E-state index contributed by atoms with van der Waals surface area (Å²) in [6.07, 6.45) is 6.67. The molecule has 88 valence electrons. The van der Waals surface area contributed by atoms with E-state index in [1.165, 1.54) is 32.1 Å². The van der Waals surface area contributed by atoms with Gasteiger partial charge >= 0.3 is 6.16 Å². The van der Waals surface area contributed by atoms with Crippen LogP contribution >= 0.6 is 0 Å². The minimum atomic E-state index is -1.24. The fourth-order valence-corrected chi connectivity index (χ4v) is 1.66. The third-order valence-electron chi connectivity index (χ3n) is 2.60. The van der Waals surface area contributed by atoms with Gasteiger partial charge in [-0.2, -0.15) is 0 Å². The molecule has 0 aromatic rings. The van der Waals surface area contributed by atoms with Crippen LogP contribution in [0, 0.1) is 0 Å². The zero-order valence-electron chi connectivity index (χ0n) is 9.28. The van der Waals surface area contributed by atoms with Crippen molar-refractivity contribution in [2.75, 3.05) is 0 Å². The van der Waals surface area contributed by atoms with Crippen LogP contribution in [0.25, 0.3) is 0 Å². The van der Waals surface area contributed by atoms with E-state index in [4.69, 9.17) is 9.84 Å². The van der Waals surface area contributed by atoms with Gasteiger partial charge < -0.3 is 14.6 Å². The van der Waals surface area contributed by atoms with Crippen LogP contribution in [0.3, 0.4) is 0 Å². The maximum absolute atomic E-state index is 10.1. The maximum Gasteiger partial charge on any atom is 0.508 e. The highest BCUT2D eigenvalue weighted by atomic mass is 16.8. The Hall–Kier alpha value is -0.770. The smallest absolute Gasteiger partial charge is 0.450 e. The van der Waals surface area contributed by atoms with Crippen LogP contribution in [0.15, 0.2) is 0 Å². The van der Waals surface area contributed by atoms with Crippen molar-refractivity contribution in [2.45, 2.75) is 64.3 Å². The first-order chi connectivity index (χ1) is 7.24. The van der Waals surface area contributed by atoms with E-state index in [0.717, 1.165) is 12.8 Å². The minimum absolute atomic E-state index is 0.0206. The van der Waals surface area contributed by atoms with E-state index in [0.29, 0.717) is 0 Å². The van der Waals surface area contributed by atoms with Crippen molar-refractivity contribution in [2.24, 2.45) is 0 Å². The molecule has 1 heterocycles. The monoisotopic (exact) mass is 216 g/mol. The number of hydrogen-bond acceptors (Lipinski definition) is 3. The van der Waals surface area contributed by atoms with Gasteiger partial charge in [-0.3, -0.25) is 0 Å². The van der Waals surface area contributed by atoms with Crippen LogP contribution in [0.5, 0.6) is 0 Å². The number of hydrogen-bond donors (Lipinski definition) is 1. The predicted octanol–water partition coefficient (Wildman–Crippen LogP) is 3.16. The summed E-state index contributed by atoms with van der Waals surface area (Å²) in [6.45, 7) is 2.20. The van der Waals surface area contributed by atoms with Crippen molar-refractivity contribution in [3.8, 4) is 0 Å². The van der Waals surface area contributed by atoms with Crippen molar-refractivity contribution < 1.29 is 19.4 Å². The Morgan fingerprint density at radius 1 is 1.27 bits per heavy atom. The SMILES string of the molecule is CCCCCCCC[C@@H]1O[C@@H]1OC(=O)O. The molecule has 1 aliphatic rings. The molecule has 0 amide bonds. The second kappa shape index (κ2) is 6.67. The lowest BCUT2D eigenvalue weighted by atomic mass is 10.1. The highest BCUT2D eigenvalue weighted by Crippen LogP contribution is 2.28. The number of ether oxygens (including phenoxy) is 2. The van der Waals surface area contributed by atoms with Crippen molar-refractivity contribution in [1.29, 1.82) is 0 Å². The molecule has 1 rings (SSSR count). The second-order valence-corrected chi connectivity index (χ2v) is 3.98. The van der Waals surface area contributed by atoms with Crippen LogP contribution in [0.2, 0.25) is 0 Å². The van der Waals surface area contributed by atoms with Gasteiger partial charge in [-0.05, 0) is 6.42 Å². The van der Waals surface area contributed by atoms with Crippen LogP contribution < -0.4 is 0 Å². The number of epoxide rings is 1. The predicted molar refractivity (Wildman–Crippen MR) is 55.8 cm³/mol.